The molecule has 1 amide bonds. The molecular weight excluding hydrogens is 296 g/mol. The lowest BCUT2D eigenvalue weighted by molar-refractivity contribution is -0.385. The van der Waals surface area contributed by atoms with Crippen LogP contribution in [0.3, 0.4) is 0 Å². The van der Waals surface area contributed by atoms with Gasteiger partial charge in [0.2, 0.25) is 0 Å². The molecule has 1 aliphatic rings. The maximum Gasteiger partial charge on any atom is 0.300 e. The number of carbonyl (C=O) groups excluding carboxylic acids is 1. The minimum Gasteiger partial charge on any atom is -0.337 e. The van der Waals surface area contributed by atoms with Gasteiger partial charge in [0.15, 0.2) is 0 Å². The molecule has 1 saturated heterocycles. The molecule has 7 nitrogen and oxygen atoms in total. The molecule has 0 saturated carbocycles. The fourth-order valence-electron chi connectivity index (χ4n) is 2.44. The van der Waals surface area contributed by atoms with E-state index in [2.05, 4.69) is 10.3 Å². The number of hydrogen-bond donors (Lipinski definition) is 1. The second kappa shape index (κ2) is 6.82. The third kappa shape index (κ3) is 3.68. The highest BCUT2D eigenvalue weighted by atomic mass is 35.5. The number of amides is 1. The van der Waals surface area contributed by atoms with Crippen molar-refractivity contribution in [1.82, 2.24) is 15.2 Å². The number of aromatic nitrogens is 1. The van der Waals surface area contributed by atoms with Gasteiger partial charge in [-0.1, -0.05) is 11.6 Å². The van der Waals surface area contributed by atoms with E-state index < -0.39 is 4.92 Å². The van der Waals surface area contributed by atoms with Crippen molar-refractivity contribution < 1.29 is 9.72 Å². The Hall–Kier alpha value is -1.73. The molecule has 0 bridgehead atoms. The van der Waals surface area contributed by atoms with Gasteiger partial charge in [0, 0.05) is 19.1 Å². The van der Waals surface area contributed by atoms with Gasteiger partial charge >= 0.3 is 0 Å². The molecule has 2 heterocycles. The van der Waals surface area contributed by atoms with Gasteiger partial charge in [-0.2, -0.15) is 0 Å². The van der Waals surface area contributed by atoms with E-state index >= 15 is 0 Å². The van der Waals surface area contributed by atoms with Gasteiger partial charge in [-0.05, 0) is 32.4 Å². The van der Waals surface area contributed by atoms with Gasteiger partial charge in [0.25, 0.3) is 11.6 Å². The standard InChI is InChI=1S/C13H17ClN4O3/c1-2-17(8-9-4-3-5-15-9)13(19)10-6-12(14)16-7-11(10)18(20)21/h6-7,9,15H,2-5,8H2,1H3. The van der Waals surface area contributed by atoms with Crippen LogP contribution in [0.4, 0.5) is 5.69 Å². The van der Waals surface area contributed by atoms with Gasteiger partial charge in [0.05, 0.1) is 4.92 Å². The third-order valence-electron chi connectivity index (χ3n) is 3.55. The minimum absolute atomic E-state index is 0.0140. The maximum atomic E-state index is 12.5. The van der Waals surface area contributed by atoms with Crippen molar-refractivity contribution in [2.75, 3.05) is 19.6 Å². The molecule has 21 heavy (non-hydrogen) atoms. The van der Waals surface area contributed by atoms with Crippen LogP contribution in [0.2, 0.25) is 5.15 Å². The van der Waals surface area contributed by atoms with Crippen molar-refractivity contribution >= 4 is 23.2 Å². The lowest BCUT2D eigenvalue weighted by Gasteiger charge is -2.24. The number of nitrogens with one attached hydrogen (secondary N) is 1. The van der Waals surface area contributed by atoms with Gasteiger partial charge in [0.1, 0.15) is 16.9 Å². The highest BCUT2D eigenvalue weighted by molar-refractivity contribution is 6.29. The van der Waals surface area contributed by atoms with Crippen molar-refractivity contribution in [3.63, 3.8) is 0 Å². The summed E-state index contributed by atoms with van der Waals surface area (Å²) >= 11 is 5.77. The average molecular weight is 313 g/mol. The molecular formula is C13H17ClN4O3. The fourth-order valence-corrected chi connectivity index (χ4v) is 2.60. The summed E-state index contributed by atoms with van der Waals surface area (Å²) < 4.78 is 0. The summed E-state index contributed by atoms with van der Waals surface area (Å²) in [5, 5.41) is 14.4. The summed E-state index contributed by atoms with van der Waals surface area (Å²) in [7, 11) is 0. The molecule has 1 fully saturated rings. The molecule has 1 unspecified atom stereocenters. The summed E-state index contributed by atoms with van der Waals surface area (Å²) in [5.41, 5.74) is -0.331. The highest BCUT2D eigenvalue weighted by Gasteiger charge is 2.27. The Morgan fingerprint density at radius 3 is 3.00 bits per heavy atom. The zero-order valence-corrected chi connectivity index (χ0v) is 12.5. The Bertz CT molecular complexity index is 546. The first-order chi connectivity index (χ1) is 10.0. The lowest BCUT2D eigenvalue weighted by atomic mass is 10.1. The van der Waals surface area contributed by atoms with E-state index in [0.29, 0.717) is 13.1 Å². The number of carbonyl (C=O) groups is 1. The van der Waals surface area contributed by atoms with E-state index in [1.807, 2.05) is 6.92 Å². The van der Waals surface area contributed by atoms with Crippen LogP contribution in [-0.2, 0) is 0 Å². The van der Waals surface area contributed by atoms with E-state index in [1.165, 1.54) is 6.07 Å². The predicted octanol–water partition coefficient (Wildman–Crippen LogP) is 1.86. The molecule has 8 heteroatoms. The molecule has 114 valence electrons. The minimum atomic E-state index is -0.613. The molecule has 1 atom stereocenters. The Labute approximate surface area is 127 Å². The largest absolute Gasteiger partial charge is 0.337 e. The normalized spacial score (nSPS) is 17.7. The summed E-state index contributed by atoms with van der Waals surface area (Å²) in [6, 6.07) is 1.50. The number of rotatable bonds is 5. The maximum absolute atomic E-state index is 12.5. The monoisotopic (exact) mass is 312 g/mol. The summed E-state index contributed by atoms with van der Waals surface area (Å²) in [6.45, 7) is 3.81. The van der Waals surface area contributed by atoms with Crippen LogP contribution in [0.15, 0.2) is 12.3 Å². The van der Waals surface area contributed by atoms with Gasteiger partial charge in [-0.15, -0.1) is 0 Å². The van der Waals surface area contributed by atoms with Crippen LogP contribution in [-0.4, -0.2) is 46.4 Å². The van der Waals surface area contributed by atoms with E-state index in [4.69, 9.17) is 11.6 Å². The molecule has 0 radical (unpaired) electrons. The number of likely N-dealkylation sites (N-methyl/N-ethyl adjacent to an activating group) is 1. The molecule has 0 aromatic carbocycles. The van der Waals surface area contributed by atoms with Crippen molar-refractivity contribution in [2.45, 2.75) is 25.8 Å². The first-order valence-electron chi connectivity index (χ1n) is 6.85. The van der Waals surface area contributed by atoms with Crippen molar-refractivity contribution in [1.29, 1.82) is 0 Å². The summed E-state index contributed by atoms with van der Waals surface area (Å²) in [6.07, 6.45) is 3.11. The third-order valence-corrected chi connectivity index (χ3v) is 3.76. The lowest BCUT2D eigenvalue weighted by Crippen LogP contribution is -2.41. The SMILES string of the molecule is CCN(CC1CCCN1)C(=O)c1cc(Cl)ncc1[N+](=O)[O-]. The number of pyridine rings is 1. The molecule has 0 aliphatic carbocycles. The quantitative estimate of drug-likeness (QED) is 0.509. The van der Waals surface area contributed by atoms with Crippen LogP contribution in [0.25, 0.3) is 0 Å². The van der Waals surface area contributed by atoms with Gasteiger partial charge in [-0.25, -0.2) is 4.98 Å². The molecule has 1 aromatic heterocycles. The van der Waals surface area contributed by atoms with Crippen LogP contribution >= 0.6 is 11.6 Å². The van der Waals surface area contributed by atoms with Crippen LogP contribution in [0, 0.1) is 10.1 Å². The topological polar surface area (TPSA) is 88.4 Å². The number of halogens is 1. The van der Waals surface area contributed by atoms with Gasteiger partial charge in [-0.3, -0.25) is 14.9 Å². The number of hydrogen-bond acceptors (Lipinski definition) is 5. The summed E-state index contributed by atoms with van der Waals surface area (Å²) in [4.78, 5) is 28.2. The Morgan fingerprint density at radius 2 is 2.43 bits per heavy atom. The summed E-state index contributed by atoms with van der Waals surface area (Å²) in [5.74, 6) is -0.387. The van der Waals surface area contributed by atoms with Crippen molar-refractivity contribution in [3.05, 3.63) is 33.1 Å². The molecule has 2 rings (SSSR count). The fraction of sp³-hybridized carbons (Fsp3) is 0.538. The van der Waals surface area contributed by atoms with Crippen LogP contribution in [0.5, 0.6) is 0 Å². The zero-order chi connectivity index (χ0) is 15.4. The Morgan fingerprint density at radius 1 is 1.67 bits per heavy atom. The van der Waals surface area contributed by atoms with Crippen LogP contribution < -0.4 is 5.32 Å². The van der Waals surface area contributed by atoms with Crippen molar-refractivity contribution in [2.24, 2.45) is 0 Å². The molecule has 1 aliphatic heterocycles. The number of nitrogens with zero attached hydrogens (tertiary/aromatic N) is 3. The first kappa shape index (κ1) is 15.7. The van der Waals surface area contributed by atoms with E-state index in [0.717, 1.165) is 25.6 Å². The second-order valence-electron chi connectivity index (χ2n) is 4.92. The Kier molecular flexibility index (Phi) is 5.08. The van der Waals surface area contributed by atoms with Crippen LogP contribution in [0.1, 0.15) is 30.1 Å². The number of nitro groups is 1. The second-order valence-corrected chi connectivity index (χ2v) is 5.31. The molecule has 0 spiro atoms. The average Bonchev–Trinajstić information content (AvgIpc) is 2.96. The van der Waals surface area contributed by atoms with E-state index in [-0.39, 0.29) is 28.4 Å². The van der Waals surface area contributed by atoms with E-state index in [1.54, 1.807) is 4.90 Å². The highest BCUT2D eigenvalue weighted by Crippen LogP contribution is 2.22. The predicted molar refractivity (Wildman–Crippen MR) is 78.5 cm³/mol. The smallest absolute Gasteiger partial charge is 0.300 e. The van der Waals surface area contributed by atoms with Gasteiger partial charge < -0.3 is 10.2 Å². The first-order valence-corrected chi connectivity index (χ1v) is 7.23. The zero-order valence-electron chi connectivity index (χ0n) is 11.7. The molecule has 1 aromatic rings. The van der Waals surface area contributed by atoms with Crippen molar-refractivity contribution in [3.8, 4) is 0 Å². The molecule has 1 N–H and O–H groups in total. The Balaban J connectivity index is 2.23. The van der Waals surface area contributed by atoms with E-state index in [9.17, 15) is 14.9 Å².